The number of ether oxygens (including phenoxy) is 1. The topological polar surface area (TPSA) is 96.7 Å². The van der Waals surface area contributed by atoms with Crippen molar-refractivity contribution >= 4 is 41.6 Å². The molecule has 0 aromatic heterocycles. The Morgan fingerprint density at radius 2 is 1.53 bits per heavy atom. The van der Waals surface area contributed by atoms with Crippen LogP contribution in [0.2, 0.25) is 5.02 Å². The third-order valence-corrected chi connectivity index (χ3v) is 7.54. The van der Waals surface area contributed by atoms with Crippen molar-refractivity contribution in [1.29, 1.82) is 0 Å². The average molecular weight is 674 g/mol. The highest BCUT2D eigenvalue weighted by Crippen LogP contribution is 2.36. The number of carbonyl (C=O) groups excluding carboxylic acids is 2. The molecule has 5 aromatic carbocycles. The normalized spacial score (nSPS) is 10.4. The molecule has 47 heavy (non-hydrogen) atoms. The van der Waals surface area contributed by atoms with E-state index in [0.717, 1.165) is 16.7 Å². The van der Waals surface area contributed by atoms with Crippen LogP contribution >= 0.6 is 24.0 Å². The number of rotatable bonds is 12. The summed E-state index contributed by atoms with van der Waals surface area (Å²) in [6.45, 7) is 0.929. The lowest BCUT2D eigenvalue weighted by molar-refractivity contribution is 0.0986. The third kappa shape index (κ3) is 9.56. The van der Waals surface area contributed by atoms with Crippen LogP contribution in [0.4, 0.5) is 14.9 Å². The molecular formula is C37H35Cl2FN4O3. The maximum absolute atomic E-state index is 14.1. The van der Waals surface area contributed by atoms with Gasteiger partial charge in [-0.1, -0.05) is 84.4 Å². The number of hydrogen-bond acceptors (Lipinski definition) is 4. The van der Waals surface area contributed by atoms with E-state index in [4.69, 9.17) is 22.1 Å². The molecule has 4 N–H and O–H groups in total. The second-order valence-corrected chi connectivity index (χ2v) is 11.0. The van der Waals surface area contributed by atoms with Crippen molar-refractivity contribution in [3.8, 4) is 22.6 Å². The Morgan fingerprint density at radius 3 is 2.28 bits per heavy atom. The zero-order chi connectivity index (χ0) is 32.3. The van der Waals surface area contributed by atoms with Gasteiger partial charge in [-0.25, -0.2) is 9.18 Å². The van der Waals surface area contributed by atoms with Gasteiger partial charge in [0.2, 0.25) is 0 Å². The summed E-state index contributed by atoms with van der Waals surface area (Å²) < 4.78 is 20.2. The van der Waals surface area contributed by atoms with Crippen LogP contribution < -0.4 is 26.0 Å². The summed E-state index contributed by atoms with van der Waals surface area (Å²) >= 11 is 6.38. The van der Waals surface area contributed by atoms with E-state index >= 15 is 0 Å². The monoisotopic (exact) mass is 672 g/mol. The van der Waals surface area contributed by atoms with Gasteiger partial charge in [0.1, 0.15) is 11.6 Å². The number of urea groups is 1. The summed E-state index contributed by atoms with van der Waals surface area (Å²) in [7, 11) is 0. The molecule has 242 valence electrons. The molecule has 0 saturated heterocycles. The number of nitrogens with zero attached hydrogens (tertiary/aromatic N) is 1. The van der Waals surface area contributed by atoms with Gasteiger partial charge in [-0.15, -0.1) is 12.4 Å². The summed E-state index contributed by atoms with van der Waals surface area (Å²) in [6, 6.07) is 35.7. The summed E-state index contributed by atoms with van der Waals surface area (Å²) in [4.78, 5) is 28.1. The van der Waals surface area contributed by atoms with E-state index in [1.165, 1.54) is 6.07 Å². The second-order valence-electron chi connectivity index (χ2n) is 10.5. The Balaban J connectivity index is 0.00000500. The summed E-state index contributed by atoms with van der Waals surface area (Å²) in [5, 5.41) is 5.90. The molecule has 0 radical (unpaired) electrons. The van der Waals surface area contributed by atoms with Crippen molar-refractivity contribution in [1.82, 2.24) is 10.6 Å². The van der Waals surface area contributed by atoms with E-state index in [2.05, 4.69) is 10.6 Å². The van der Waals surface area contributed by atoms with E-state index in [0.29, 0.717) is 46.3 Å². The predicted octanol–water partition coefficient (Wildman–Crippen LogP) is 8.36. The van der Waals surface area contributed by atoms with Crippen molar-refractivity contribution in [3.63, 3.8) is 0 Å². The van der Waals surface area contributed by atoms with E-state index in [9.17, 15) is 14.0 Å². The molecule has 5 aromatic rings. The van der Waals surface area contributed by atoms with Gasteiger partial charge in [-0.2, -0.15) is 0 Å². The smallest absolute Gasteiger partial charge is 0.315 e. The molecule has 0 aliphatic carbocycles. The number of anilines is 1. The Bertz CT molecular complexity index is 1790. The molecule has 0 unspecified atom stereocenters. The minimum atomic E-state index is -0.437. The molecule has 0 bridgehead atoms. The lowest BCUT2D eigenvalue weighted by atomic mass is 10.0. The van der Waals surface area contributed by atoms with Crippen molar-refractivity contribution in [2.24, 2.45) is 5.73 Å². The van der Waals surface area contributed by atoms with E-state index < -0.39 is 6.03 Å². The van der Waals surface area contributed by atoms with Gasteiger partial charge in [0, 0.05) is 48.4 Å². The first-order chi connectivity index (χ1) is 22.4. The largest absolute Gasteiger partial charge is 0.455 e. The molecule has 0 fully saturated rings. The highest BCUT2D eigenvalue weighted by Gasteiger charge is 2.22. The maximum atomic E-state index is 14.1. The first-order valence-electron chi connectivity index (χ1n) is 14.9. The fourth-order valence-electron chi connectivity index (χ4n) is 4.90. The van der Waals surface area contributed by atoms with Gasteiger partial charge in [0.05, 0.1) is 5.69 Å². The van der Waals surface area contributed by atoms with Crippen molar-refractivity contribution in [3.05, 3.63) is 149 Å². The maximum Gasteiger partial charge on any atom is 0.315 e. The third-order valence-electron chi connectivity index (χ3n) is 7.30. The van der Waals surface area contributed by atoms with Gasteiger partial charge in [0.25, 0.3) is 5.91 Å². The van der Waals surface area contributed by atoms with Crippen LogP contribution in [0, 0.1) is 5.82 Å². The van der Waals surface area contributed by atoms with Crippen LogP contribution in [0.5, 0.6) is 11.5 Å². The Labute approximate surface area is 284 Å². The zero-order valence-corrected chi connectivity index (χ0v) is 27.1. The summed E-state index contributed by atoms with van der Waals surface area (Å²) in [6.07, 6.45) is 0.422. The number of carbonyl (C=O) groups is 2. The minimum absolute atomic E-state index is 0. The fraction of sp³-hybridized carbons (Fsp3) is 0.135. The van der Waals surface area contributed by atoms with Crippen molar-refractivity contribution in [2.45, 2.75) is 19.5 Å². The van der Waals surface area contributed by atoms with Gasteiger partial charge in [0.15, 0.2) is 5.75 Å². The number of nitrogens with one attached hydrogen (secondary N) is 2. The molecule has 10 heteroatoms. The molecular weight excluding hydrogens is 638 g/mol. The number of amides is 3. The summed E-state index contributed by atoms with van der Waals surface area (Å²) in [5.41, 5.74) is 10.2. The first kappa shape index (κ1) is 35.0. The standard InChI is InChI=1S/C37H34ClFN4O3.ClH/c38-31-18-19-34(35(23-31)46-32-12-6-8-26(22-32)24-40)43(21-7-20-41-37(45)42-25-30-11-4-5-13-33(30)39)36(44)29-16-14-28(15-17-29)27-9-2-1-3-10-27;/h1-6,8-19,22-23H,7,20-21,24-25,40H2,(H2,41,42,45);1H. The van der Waals surface area contributed by atoms with Crippen molar-refractivity contribution in [2.75, 3.05) is 18.0 Å². The lowest BCUT2D eigenvalue weighted by Gasteiger charge is -2.26. The van der Waals surface area contributed by atoms with Crippen LogP contribution in [0.25, 0.3) is 11.1 Å². The number of benzene rings is 5. The van der Waals surface area contributed by atoms with Gasteiger partial charge in [-0.05, 0) is 65.6 Å². The number of hydrogen-bond donors (Lipinski definition) is 3. The Kier molecular flexibility index (Phi) is 12.8. The van der Waals surface area contributed by atoms with Gasteiger partial charge >= 0.3 is 6.03 Å². The Hall–Kier alpha value is -4.89. The molecule has 3 amide bonds. The Morgan fingerprint density at radius 1 is 0.809 bits per heavy atom. The highest BCUT2D eigenvalue weighted by atomic mass is 35.5. The lowest BCUT2D eigenvalue weighted by Crippen LogP contribution is -2.38. The molecule has 0 heterocycles. The van der Waals surface area contributed by atoms with Crippen LogP contribution in [-0.2, 0) is 13.1 Å². The van der Waals surface area contributed by atoms with Gasteiger partial charge in [-0.3, -0.25) is 4.79 Å². The minimum Gasteiger partial charge on any atom is -0.455 e. The fourth-order valence-corrected chi connectivity index (χ4v) is 5.06. The highest BCUT2D eigenvalue weighted by molar-refractivity contribution is 6.30. The molecule has 0 saturated carbocycles. The van der Waals surface area contributed by atoms with Crippen LogP contribution in [-0.4, -0.2) is 25.0 Å². The zero-order valence-electron chi connectivity index (χ0n) is 25.5. The molecule has 5 rings (SSSR count). The molecule has 0 atom stereocenters. The number of nitrogens with two attached hydrogens (primary N) is 1. The molecule has 0 aliphatic rings. The van der Waals surface area contributed by atoms with Crippen molar-refractivity contribution < 1.29 is 18.7 Å². The van der Waals surface area contributed by atoms with Crippen LogP contribution in [0.15, 0.2) is 121 Å². The predicted molar refractivity (Wildman–Crippen MR) is 188 cm³/mol. The van der Waals surface area contributed by atoms with Crippen LogP contribution in [0.1, 0.15) is 27.9 Å². The number of halogens is 3. The van der Waals surface area contributed by atoms with E-state index in [1.54, 1.807) is 53.4 Å². The average Bonchev–Trinajstić information content (AvgIpc) is 3.09. The second kappa shape index (κ2) is 17.1. The van der Waals surface area contributed by atoms with E-state index in [1.807, 2.05) is 66.7 Å². The van der Waals surface area contributed by atoms with Crippen LogP contribution in [0.3, 0.4) is 0 Å². The van der Waals surface area contributed by atoms with E-state index in [-0.39, 0.29) is 43.8 Å². The first-order valence-corrected chi connectivity index (χ1v) is 15.3. The molecule has 0 aliphatic heterocycles. The molecule has 0 spiro atoms. The quantitative estimate of drug-likeness (QED) is 0.116. The summed E-state index contributed by atoms with van der Waals surface area (Å²) in [5.74, 6) is 0.321. The SMILES string of the molecule is Cl.NCc1cccc(Oc2cc(Cl)ccc2N(CCCNC(=O)NCc2ccccc2F)C(=O)c2ccc(-c3ccccc3)cc2)c1. The molecule has 7 nitrogen and oxygen atoms in total. The van der Waals surface area contributed by atoms with Gasteiger partial charge < -0.3 is 26.0 Å².